The van der Waals surface area contributed by atoms with Gasteiger partial charge in [-0.2, -0.15) is 0 Å². The largest absolute Gasteiger partial charge is 0.489 e. The summed E-state index contributed by atoms with van der Waals surface area (Å²) in [6.07, 6.45) is -0.632. The van der Waals surface area contributed by atoms with E-state index in [1.807, 2.05) is 36.4 Å². The summed E-state index contributed by atoms with van der Waals surface area (Å²) in [7, 11) is 1.57. The lowest BCUT2D eigenvalue weighted by Crippen LogP contribution is -2.22. The molecule has 0 saturated heterocycles. The van der Waals surface area contributed by atoms with Gasteiger partial charge in [-0.25, -0.2) is 0 Å². The Kier molecular flexibility index (Phi) is 4.04. The number of benzene rings is 3. The second-order valence-corrected chi connectivity index (χ2v) is 5.07. The normalized spacial score (nSPS) is 12.7. The van der Waals surface area contributed by atoms with Gasteiger partial charge in [0.15, 0.2) is 0 Å². The Bertz CT molecular complexity index is 698. The van der Waals surface area contributed by atoms with Gasteiger partial charge in [0, 0.05) is 17.9 Å². The quantitative estimate of drug-likeness (QED) is 0.729. The number of fused-ring (bicyclic) bond motifs is 2. The molecule has 0 bridgehead atoms. The Hall–Kier alpha value is -2.10. The first-order chi connectivity index (χ1) is 10.3. The average molecular weight is 282 g/mol. The molecule has 0 spiro atoms. The van der Waals surface area contributed by atoms with Crippen molar-refractivity contribution in [2.75, 3.05) is 20.3 Å². The van der Waals surface area contributed by atoms with Gasteiger partial charge in [-0.15, -0.1) is 0 Å². The highest BCUT2D eigenvalue weighted by Crippen LogP contribution is 2.34. The monoisotopic (exact) mass is 282 g/mol. The maximum Gasteiger partial charge on any atom is 0.135 e. The molecule has 3 heteroatoms. The lowest BCUT2D eigenvalue weighted by Gasteiger charge is -2.15. The lowest BCUT2D eigenvalue weighted by atomic mass is 10.0. The highest BCUT2D eigenvalue weighted by molar-refractivity contribution is 6.05. The minimum atomic E-state index is -0.632. The number of rotatable bonds is 5. The van der Waals surface area contributed by atoms with E-state index in [9.17, 15) is 5.11 Å². The van der Waals surface area contributed by atoms with Crippen LogP contribution in [0.15, 0.2) is 54.6 Å². The first-order valence-electron chi connectivity index (χ1n) is 7.00. The maximum atomic E-state index is 9.80. The topological polar surface area (TPSA) is 38.7 Å². The van der Waals surface area contributed by atoms with E-state index >= 15 is 0 Å². The Morgan fingerprint density at radius 1 is 0.905 bits per heavy atom. The number of ether oxygens (including phenoxy) is 2. The molecule has 1 unspecified atom stereocenters. The molecule has 3 aromatic carbocycles. The minimum absolute atomic E-state index is 0.214. The van der Waals surface area contributed by atoms with Crippen LogP contribution < -0.4 is 4.74 Å². The van der Waals surface area contributed by atoms with Crippen LogP contribution in [0.5, 0.6) is 5.75 Å². The molecule has 108 valence electrons. The highest BCUT2D eigenvalue weighted by atomic mass is 16.5. The van der Waals surface area contributed by atoms with E-state index in [0.717, 1.165) is 27.3 Å². The molecule has 1 atom stereocenters. The first kappa shape index (κ1) is 13.9. The Morgan fingerprint density at radius 2 is 1.48 bits per heavy atom. The summed E-state index contributed by atoms with van der Waals surface area (Å²) in [4.78, 5) is 0. The molecule has 0 amide bonds. The molecule has 0 fully saturated rings. The molecule has 0 aliphatic rings. The molecule has 0 heterocycles. The van der Waals surface area contributed by atoms with Crippen LogP contribution >= 0.6 is 0 Å². The summed E-state index contributed by atoms with van der Waals surface area (Å²) in [6.45, 7) is 0.481. The Labute approximate surface area is 123 Å². The highest BCUT2D eigenvalue weighted by Gasteiger charge is 2.11. The second-order valence-electron chi connectivity index (χ2n) is 5.07. The molecule has 3 aromatic rings. The van der Waals surface area contributed by atoms with Crippen LogP contribution in [0.25, 0.3) is 21.5 Å². The van der Waals surface area contributed by atoms with Crippen molar-refractivity contribution in [3.05, 3.63) is 54.6 Å². The van der Waals surface area contributed by atoms with Gasteiger partial charge >= 0.3 is 0 Å². The van der Waals surface area contributed by atoms with E-state index in [1.165, 1.54) is 0 Å². The predicted octanol–water partition coefficient (Wildman–Crippen LogP) is 3.38. The molecule has 0 aliphatic heterocycles. The van der Waals surface area contributed by atoms with Crippen molar-refractivity contribution in [3.63, 3.8) is 0 Å². The van der Waals surface area contributed by atoms with Crippen LogP contribution in [-0.4, -0.2) is 31.5 Å². The van der Waals surface area contributed by atoms with Gasteiger partial charge in [-0.3, -0.25) is 0 Å². The maximum absolute atomic E-state index is 9.80. The average Bonchev–Trinajstić information content (AvgIpc) is 2.51. The van der Waals surface area contributed by atoms with Crippen LogP contribution in [0.4, 0.5) is 0 Å². The zero-order valence-electron chi connectivity index (χ0n) is 12.0. The van der Waals surface area contributed by atoms with Crippen LogP contribution in [0, 0.1) is 0 Å². The van der Waals surface area contributed by atoms with Crippen molar-refractivity contribution in [3.8, 4) is 5.75 Å². The van der Waals surface area contributed by atoms with Gasteiger partial charge in [0.2, 0.25) is 0 Å². The van der Waals surface area contributed by atoms with Crippen molar-refractivity contribution in [2.24, 2.45) is 0 Å². The SMILES string of the molecule is COCC(O)COc1c2ccccc2cc2ccccc12. The van der Waals surface area contributed by atoms with Gasteiger partial charge < -0.3 is 14.6 Å². The van der Waals surface area contributed by atoms with Crippen LogP contribution in [0.1, 0.15) is 0 Å². The number of hydrogen-bond donors (Lipinski definition) is 1. The van der Waals surface area contributed by atoms with Crippen molar-refractivity contribution < 1.29 is 14.6 Å². The minimum Gasteiger partial charge on any atom is -0.489 e. The second kappa shape index (κ2) is 6.12. The van der Waals surface area contributed by atoms with Gasteiger partial charge in [0.1, 0.15) is 18.5 Å². The Balaban J connectivity index is 2.07. The number of hydrogen-bond acceptors (Lipinski definition) is 3. The van der Waals surface area contributed by atoms with E-state index in [2.05, 4.69) is 18.2 Å². The van der Waals surface area contributed by atoms with Crippen LogP contribution in [0.2, 0.25) is 0 Å². The predicted molar refractivity (Wildman–Crippen MR) is 84.8 cm³/mol. The third kappa shape index (κ3) is 2.84. The third-order valence-electron chi connectivity index (χ3n) is 3.50. The summed E-state index contributed by atoms with van der Waals surface area (Å²) in [6, 6.07) is 18.4. The molecule has 0 saturated carbocycles. The van der Waals surface area contributed by atoms with Crippen LogP contribution in [0.3, 0.4) is 0 Å². The van der Waals surface area contributed by atoms with E-state index < -0.39 is 6.10 Å². The Morgan fingerprint density at radius 3 is 2.05 bits per heavy atom. The van der Waals surface area contributed by atoms with Gasteiger partial charge in [-0.1, -0.05) is 48.5 Å². The summed E-state index contributed by atoms with van der Waals surface area (Å²) in [5, 5.41) is 14.2. The summed E-state index contributed by atoms with van der Waals surface area (Å²) in [5.74, 6) is 0.818. The first-order valence-corrected chi connectivity index (χ1v) is 7.00. The molecule has 3 rings (SSSR count). The van der Waals surface area contributed by atoms with Gasteiger partial charge in [0.05, 0.1) is 6.61 Å². The number of aliphatic hydroxyl groups excluding tert-OH is 1. The van der Waals surface area contributed by atoms with E-state index in [-0.39, 0.29) is 13.2 Å². The van der Waals surface area contributed by atoms with Gasteiger partial charge in [0.25, 0.3) is 0 Å². The van der Waals surface area contributed by atoms with Crippen molar-refractivity contribution in [2.45, 2.75) is 6.10 Å². The van der Waals surface area contributed by atoms with Gasteiger partial charge in [-0.05, 0) is 16.8 Å². The number of methoxy groups -OCH3 is 1. The molecule has 0 aliphatic carbocycles. The fourth-order valence-electron chi connectivity index (χ4n) is 2.55. The zero-order chi connectivity index (χ0) is 14.7. The lowest BCUT2D eigenvalue weighted by molar-refractivity contribution is 0.0333. The van der Waals surface area contributed by atoms with Crippen molar-refractivity contribution >= 4 is 21.5 Å². The fraction of sp³-hybridized carbons (Fsp3) is 0.222. The summed E-state index contributed by atoms with van der Waals surface area (Å²) >= 11 is 0. The van der Waals surface area contributed by atoms with E-state index in [0.29, 0.717) is 0 Å². The molecule has 0 radical (unpaired) electrons. The van der Waals surface area contributed by atoms with Crippen molar-refractivity contribution in [1.29, 1.82) is 0 Å². The molecule has 1 N–H and O–H groups in total. The molecule has 0 aromatic heterocycles. The smallest absolute Gasteiger partial charge is 0.135 e. The molecular weight excluding hydrogens is 264 g/mol. The molecule has 21 heavy (non-hydrogen) atoms. The molecule has 3 nitrogen and oxygen atoms in total. The zero-order valence-corrected chi connectivity index (χ0v) is 12.0. The summed E-state index contributed by atoms with van der Waals surface area (Å²) in [5.41, 5.74) is 0. The van der Waals surface area contributed by atoms with E-state index in [1.54, 1.807) is 7.11 Å². The third-order valence-corrected chi connectivity index (χ3v) is 3.50. The van der Waals surface area contributed by atoms with Crippen molar-refractivity contribution in [1.82, 2.24) is 0 Å². The number of aliphatic hydroxyl groups is 1. The van der Waals surface area contributed by atoms with Crippen LogP contribution in [-0.2, 0) is 4.74 Å². The summed E-state index contributed by atoms with van der Waals surface area (Å²) < 4.78 is 10.9. The van der Waals surface area contributed by atoms with E-state index in [4.69, 9.17) is 9.47 Å². The molecular formula is C18H18O3. The standard InChI is InChI=1S/C18H18O3/c1-20-11-15(19)12-21-18-16-8-4-2-6-13(16)10-14-7-3-5-9-17(14)18/h2-10,15,19H,11-12H2,1H3. The fourth-order valence-corrected chi connectivity index (χ4v) is 2.55.